The molecule has 28 heavy (non-hydrogen) atoms. The van der Waals surface area contributed by atoms with Crippen LogP contribution < -0.4 is 10.6 Å². The van der Waals surface area contributed by atoms with Gasteiger partial charge in [0.15, 0.2) is 0 Å². The van der Waals surface area contributed by atoms with Crippen LogP contribution in [0.4, 0.5) is 4.79 Å². The number of ether oxygens (including phenoxy) is 1. The van der Waals surface area contributed by atoms with E-state index in [1.807, 2.05) is 0 Å². The minimum atomic E-state index is -3.54. The first kappa shape index (κ1) is 26.1. The average Bonchev–Trinajstić information content (AvgIpc) is 2.51. The van der Waals surface area contributed by atoms with E-state index >= 15 is 0 Å². The fourth-order valence-electron chi connectivity index (χ4n) is 2.26. The van der Waals surface area contributed by atoms with E-state index in [0.717, 1.165) is 6.26 Å². The molecular weight excluding hydrogens is 392 g/mol. The standard InChI is InChI=1S/C17H32N2O8S/c1-6-12(27-28(5,24)25)9-7-8-10-13(15(21)22)19-14(20)11-18-16(23)26-17(2,3)4/h12-13H,6-11H2,1-5H3,(H,18,23)(H,19,20)(H,21,22). The number of nitrogens with one attached hydrogen (secondary N) is 2. The summed E-state index contributed by atoms with van der Waals surface area (Å²) in [6, 6.07) is -1.11. The summed E-state index contributed by atoms with van der Waals surface area (Å²) < 4.78 is 32.2. The monoisotopic (exact) mass is 424 g/mol. The Hall–Kier alpha value is -1.88. The molecule has 0 aliphatic carbocycles. The zero-order chi connectivity index (χ0) is 22.0. The molecular formula is C17H32N2O8S. The number of carbonyl (C=O) groups is 3. The first-order valence-corrected chi connectivity index (χ1v) is 10.9. The van der Waals surface area contributed by atoms with Crippen LogP contribution in [0.5, 0.6) is 0 Å². The number of aliphatic carboxylic acids is 1. The van der Waals surface area contributed by atoms with Gasteiger partial charge in [0.2, 0.25) is 5.91 Å². The van der Waals surface area contributed by atoms with Crippen molar-refractivity contribution in [1.82, 2.24) is 10.6 Å². The van der Waals surface area contributed by atoms with Gasteiger partial charge in [-0.2, -0.15) is 8.42 Å². The van der Waals surface area contributed by atoms with Gasteiger partial charge in [-0.15, -0.1) is 0 Å². The van der Waals surface area contributed by atoms with Crippen molar-refractivity contribution in [1.29, 1.82) is 0 Å². The molecule has 0 spiro atoms. The van der Waals surface area contributed by atoms with Gasteiger partial charge < -0.3 is 20.5 Å². The zero-order valence-corrected chi connectivity index (χ0v) is 17.9. The van der Waals surface area contributed by atoms with Crippen LogP contribution in [0.15, 0.2) is 0 Å². The quantitative estimate of drug-likeness (QED) is 0.314. The van der Waals surface area contributed by atoms with Gasteiger partial charge in [0, 0.05) is 0 Å². The molecule has 3 N–H and O–H groups in total. The van der Waals surface area contributed by atoms with Crippen LogP contribution in [0.3, 0.4) is 0 Å². The topological polar surface area (TPSA) is 148 Å². The molecule has 0 bridgehead atoms. The zero-order valence-electron chi connectivity index (χ0n) is 17.1. The molecule has 2 amide bonds. The lowest BCUT2D eigenvalue weighted by molar-refractivity contribution is -0.141. The van der Waals surface area contributed by atoms with E-state index in [9.17, 15) is 27.9 Å². The van der Waals surface area contributed by atoms with Gasteiger partial charge in [-0.3, -0.25) is 8.98 Å². The summed E-state index contributed by atoms with van der Waals surface area (Å²) in [5.41, 5.74) is -0.707. The van der Waals surface area contributed by atoms with Gasteiger partial charge in [-0.1, -0.05) is 19.8 Å². The molecule has 0 fully saturated rings. The number of rotatable bonds is 12. The van der Waals surface area contributed by atoms with E-state index in [4.69, 9.17) is 8.92 Å². The molecule has 164 valence electrons. The van der Waals surface area contributed by atoms with Crippen molar-refractivity contribution in [2.75, 3.05) is 12.8 Å². The van der Waals surface area contributed by atoms with Gasteiger partial charge >= 0.3 is 12.1 Å². The molecule has 0 heterocycles. The maximum Gasteiger partial charge on any atom is 0.408 e. The number of unbranched alkanes of at least 4 members (excludes halogenated alkanes) is 1. The van der Waals surface area contributed by atoms with Gasteiger partial charge in [0.1, 0.15) is 18.2 Å². The lowest BCUT2D eigenvalue weighted by Gasteiger charge is -2.20. The Labute approximate surface area is 166 Å². The van der Waals surface area contributed by atoms with Crippen molar-refractivity contribution >= 4 is 28.1 Å². The molecule has 0 radical (unpaired) electrons. The van der Waals surface area contributed by atoms with E-state index in [0.29, 0.717) is 25.7 Å². The summed E-state index contributed by atoms with van der Waals surface area (Å²) in [6.45, 7) is 6.43. The SMILES string of the molecule is CCC(CCCCC(NC(=O)CNC(=O)OC(C)(C)C)C(=O)O)OS(C)(=O)=O. The second-order valence-electron chi connectivity index (χ2n) is 7.43. The number of alkyl carbamates (subject to hydrolysis) is 1. The number of hydrogen-bond acceptors (Lipinski definition) is 7. The number of carboxylic acid groups (broad SMARTS) is 1. The normalized spacial score (nSPS) is 14.0. The predicted octanol–water partition coefficient (Wildman–Crippen LogP) is 1.40. The third-order valence-corrected chi connectivity index (χ3v) is 4.08. The smallest absolute Gasteiger partial charge is 0.408 e. The van der Waals surface area contributed by atoms with E-state index in [-0.39, 0.29) is 6.42 Å². The molecule has 0 aromatic rings. The minimum absolute atomic E-state index is 0.169. The lowest BCUT2D eigenvalue weighted by atomic mass is 10.0. The second-order valence-corrected chi connectivity index (χ2v) is 9.03. The van der Waals surface area contributed by atoms with Gasteiger partial charge in [-0.25, -0.2) is 9.59 Å². The minimum Gasteiger partial charge on any atom is -0.480 e. The van der Waals surface area contributed by atoms with Crippen molar-refractivity contribution < 1.29 is 36.8 Å². The molecule has 0 saturated heterocycles. The van der Waals surface area contributed by atoms with Crippen molar-refractivity contribution in [2.45, 2.75) is 77.5 Å². The molecule has 0 rings (SSSR count). The molecule has 10 nitrogen and oxygen atoms in total. The molecule has 2 atom stereocenters. The van der Waals surface area contributed by atoms with E-state index in [1.54, 1.807) is 27.7 Å². The second kappa shape index (κ2) is 11.8. The summed E-state index contributed by atoms with van der Waals surface area (Å²) in [5, 5.41) is 13.8. The molecule has 0 aromatic carbocycles. The van der Waals surface area contributed by atoms with Crippen LogP contribution in [0, 0.1) is 0 Å². The van der Waals surface area contributed by atoms with Crippen molar-refractivity contribution in [3.63, 3.8) is 0 Å². The number of amides is 2. The van der Waals surface area contributed by atoms with Crippen LogP contribution in [0.1, 0.15) is 59.8 Å². The van der Waals surface area contributed by atoms with Gasteiger partial charge in [-0.05, 0) is 40.0 Å². The van der Waals surface area contributed by atoms with Gasteiger partial charge in [0.25, 0.3) is 10.1 Å². The third-order valence-electron chi connectivity index (χ3n) is 3.46. The largest absolute Gasteiger partial charge is 0.480 e. The Morgan fingerprint density at radius 1 is 1.11 bits per heavy atom. The van der Waals surface area contributed by atoms with E-state index in [1.165, 1.54) is 0 Å². The van der Waals surface area contributed by atoms with Crippen LogP contribution in [0.2, 0.25) is 0 Å². The summed E-state index contributed by atoms with van der Waals surface area (Å²) >= 11 is 0. The Morgan fingerprint density at radius 3 is 2.14 bits per heavy atom. The Kier molecular flexibility index (Phi) is 11.1. The molecule has 11 heteroatoms. The molecule has 0 saturated carbocycles. The molecule has 2 unspecified atom stereocenters. The fraction of sp³-hybridized carbons (Fsp3) is 0.824. The highest BCUT2D eigenvalue weighted by atomic mass is 32.2. The summed E-state index contributed by atoms with van der Waals surface area (Å²) in [4.78, 5) is 34.6. The highest BCUT2D eigenvalue weighted by Crippen LogP contribution is 2.13. The Bertz CT molecular complexity index is 628. The summed E-state index contributed by atoms with van der Waals surface area (Å²) in [5.74, 6) is -1.84. The maximum absolute atomic E-state index is 11.8. The van der Waals surface area contributed by atoms with E-state index < -0.39 is 52.4 Å². The highest BCUT2D eigenvalue weighted by molar-refractivity contribution is 7.86. The highest BCUT2D eigenvalue weighted by Gasteiger charge is 2.21. The van der Waals surface area contributed by atoms with Crippen molar-refractivity contribution in [3.8, 4) is 0 Å². The Balaban J connectivity index is 4.33. The van der Waals surface area contributed by atoms with Crippen LogP contribution in [0.25, 0.3) is 0 Å². The number of hydrogen-bond donors (Lipinski definition) is 3. The van der Waals surface area contributed by atoms with Crippen molar-refractivity contribution in [2.24, 2.45) is 0 Å². The summed E-state index contributed by atoms with van der Waals surface area (Å²) in [7, 11) is -3.54. The maximum atomic E-state index is 11.8. The van der Waals surface area contributed by atoms with Crippen LogP contribution in [-0.4, -0.2) is 62.0 Å². The fourth-order valence-corrected chi connectivity index (χ4v) is 2.98. The van der Waals surface area contributed by atoms with Crippen molar-refractivity contribution in [3.05, 3.63) is 0 Å². The number of carboxylic acids is 1. The van der Waals surface area contributed by atoms with Crippen LogP contribution >= 0.6 is 0 Å². The van der Waals surface area contributed by atoms with Gasteiger partial charge in [0.05, 0.1) is 12.4 Å². The molecule has 0 aliphatic rings. The van der Waals surface area contributed by atoms with E-state index in [2.05, 4.69) is 10.6 Å². The first-order valence-electron chi connectivity index (χ1n) is 9.10. The molecule has 0 aliphatic heterocycles. The summed E-state index contributed by atoms with van der Waals surface area (Å²) in [6.07, 6.45) is 1.91. The van der Waals surface area contributed by atoms with Crippen LogP contribution in [-0.2, 0) is 28.6 Å². The molecule has 0 aromatic heterocycles. The number of carbonyl (C=O) groups excluding carboxylic acids is 2. The third kappa shape index (κ3) is 14.2. The average molecular weight is 425 g/mol. The predicted molar refractivity (Wildman–Crippen MR) is 102 cm³/mol. The Morgan fingerprint density at radius 2 is 1.68 bits per heavy atom. The first-order chi connectivity index (χ1) is 12.7. The lowest BCUT2D eigenvalue weighted by Crippen LogP contribution is -2.46.